The molecule has 0 bridgehead atoms. The summed E-state index contributed by atoms with van der Waals surface area (Å²) >= 11 is 5.21. The molecular weight excluding hydrogens is 266 g/mol. The van der Waals surface area contributed by atoms with Crippen molar-refractivity contribution in [3.05, 3.63) is 0 Å². The second-order valence-electron chi connectivity index (χ2n) is 3.34. The molecule has 3 nitrogen and oxygen atoms in total. The molecule has 0 aromatic carbocycles. The van der Waals surface area contributed by atoms with Crippen LogP contribution in [0.15, 0.2) is 0 Å². The Kier molecular flexibility index (Phi) is 6.44. The Morgan fingerprint density at radius 3 is 2.24 bits per heavy atom. The van der Waals surface area contributed by atoms with Gasteiger partial charge in [-0.2, -0.15) is 8.78 Å². The van der Waals surface area contributed by atoms with Gasteiger partial charge in [0.1, 0.15) is 0 Å². The summed E-state index contributed by atoms with van der Waals surface area (Å²) in [5.41, 5.74) is 0. The minimum absolute atomic E-state index is 0.0661. The molecule has 0 aliphatic rings. The van der Waals surface area contributed by atoms with Crippen molar-refractivity contribution in [2.75, 3.05) is 5.88 Å². The third kappa shape index (κ3) is 4.49. The van der Waals surface area contributed by atoms with Crippen LogP contribution in [0.2, 0.25) is 0 Å². The molecular formula is C9H12ClF4NO2. The van der Waals surface area contributed by atoms with E-state index in [1.54, 1.807) is 12.2 Å². The Bertz CT molecular complexity index is 286. The van der Waals surface area contributed by atoms with Crippen molar-refractivity contribution >= 4 is 23.3 Å². The Morgan fingerprint density at radius 2 is 1.88 bits per heavy atom. The van der Waals surface area contributed by atoms with Crippen LogP contribution in [0.1, 0.15) is 19.8 Å². The van der Waals surface area contributed by atoms with E-state index in [4.69, 9.17) is 11.6 Å². The van der Waals surface area contributed by atoms with Crippen molar-refractivity contribution in [1.82, 2.24) is 5.32 Å². The van der Waals surface area contributed by atoms with Crippen LogP contribution in [0.5, 0.6) is 0 Å². The normalized spacial score (nSPS) is 13.6. The van der Waals surface area contributed by atoms with Gasteiger partial charge in [-0.15, -0.1) is 11.6 Å². The molecule has 0 aliphatic heterocycles. The maximum absolute atomic E-state index is 12.6. The van der Waals surface area contributed by atoms with Crippen molar-refractivity contribution in [3.63, 3.8) is 0 Å². The topological polar surface area (TPSA) is 46.2 Å². The van der Waals surface area contributed by atoms with Gasteiger partial charge in [0.15, 0.2) is 5.78 Å². The first-order valence-electron chi connectivity index (χ1n) is 4.82. The maximum atomic E-state index is 12.6. The Morgan fingerprint density at radius 1 is 1.35 bits per heavy atom. The van der Waals surface area contributed by atoms with E-state index in [1.165, 1.54) is 0 Å². The second-order valence-corrected chi connectivity index (χ2v) is 3.61. The largest absolute Gasteiger partial charge is 0.383 e. The van der Waals surface area contributed by atoms with E-state index in [9.17, 15) is 27.2 Å². The molecule has 17 heavy (non-hydrogen) atoms. The second kappa shape index (κ2) is 6.78. The zero-order valence-corrected chi connectivity index (χ0v) is 9.74. The molecule has 0 heterocycles. The van der Waals surface area contributed by atoms with Crippen LogP contribution in [-0.2, 0) is 9.59 Å². The van der Waals surface area contributed by atoms with Gasteiger partial charge in [0.25, 0.3) is 5.91 Å². The molecule has 0 fully saturated rings. The molecule has 0 aromatic heterocycles. The summed E-state index contributed by atoms with van der Waals surface area (Å²) in [5.74, 6) is -8.14. The van der Waals surface area contributed by atoms with Gasteiger partial charge in [0, 0.05) is 0 Å². The highest BCUT2D eigenvalue weighted by Crippen LogP contribution is 2.23. The van der Waals surface area contributed by atoms with E-state index in [-0.39, 0.29) is 6.42 Å². The fraction of sp³-hybridized carbons (Fsp3) is 0.778. The predicted octanol–water partition coefficient (Wildman–Crippen LogP) is 1.98. The van der Waals surface area contributed by atoms with Crippen molar-refractivity contribution in [2.24, 2.45) is 0 Å². The zero-order chi connectivity index (χ0) is 13.6. The number of hydrogen-bond acceptors (Lipinski definition) is 2. The maximum Gasteiger partial charge on any atom is 0.383 e. The van der Waals surface area contributed by atoms with Crippen molar-refractivity contribution in [3.8, 4) is 0 Å². The summed E-state index contributed by atoms with van der Waals surface area (Å²) in [4.78, 5) is 22.0. The van der Waals surface area contributed by atoms with Gasteiger partial charge in [-0.1, -0.05) is 13.3 Å². The quantitative estimate of drug-likeness (QED) is 0.571. The summed E-state index contributed by atoms with van der Waals surface area (Å²) in [6.45, 7) is 1.64. The van der Waals surface area contributed by atoms with Gasteiger partial charge in [-0.25, -0.2) is 8.78 Å². The van der Waals surface area contributed by atoms with Gasteiger partial charge in [-0.3, -0.25) is 9.59 Å². The molecule has 0 aliphatic carbocycles. The van der Waals surface area contributed by atoms with Crippen LogP contribution in [0.4, 0.5) is 17.6 Å². The molecule has 0 saturated heterocycles. The fourth-order valence-corrected chi connectivity index (χ4v) is 1.24. The molecule has 0 saturated carbocycles. The monoisotopic (exact) mass is 277 g/mol. The number of ketones is 1. The molecule has 0 aromatic rings. The molecule has 1 amide bonds. The van der Waals surface area contributed by atoms with Crippen LogP contribution >= 0.6 is 11.6 Å². The highest BCUT2D eigenvalue weighted by molar-refractivity contribution is 6.28. The van der Waals surface area contributed by atoms with E-state index >= 15 is 0 Å². The summed E-state index contributed by atoms with van der Waals surface area (Å²) < 4.78 is 48.9. The summed E-state index contributed by atoms with van der Waals surface area (Å²) in [6, 6.07) is -1.25. The fourth-order valence-electron chi connectivity index (χ4n) is 1.05. The van der Waals surface area contributed by atoms with Crippen LogP contribution in [0.3, 0.4) is 0 Å². The summed E-state index contributed by atoms with van der Waals surface area (Å²) in [5, 5.41) is 1.59. The van der Waals surface area contributed by atoms with Crippen molar-refractivity contribution < 1.29 is 27.2 Å². The van der Waals surface area contributed by atoms with Crippen molar-refractivity contribution in [2.45, 2.75) is 38.2 Å². The number of halogens is 5. The molecule has 1 unspecified atom stereocenters. The lowest BCUT2D eigenvalue weighted by Gasteiger charge is -2.20. The number of rotatable bonds is 7. The SMILES string of the molecule is CCCC(NC(=O)C(F)(F)C(F)F)C(=O)CCl. The van der Waals surface area contributed by atoms with Gasteiger partial charge < -0.3 is 5.32 Å². The van der Waals surface area contributed by atoms with E-state index in [1.807, 2.05) is 0 Å². The van der Waals surface area contributed by atoms with E-state index in [0.29, 0.717) is 6.42 Å². The first-order valence-corrected chi connectivity index (χ1v) is 5.36. The molecule has 0 radical (unpaired) electrons. The standard InChI is InChI=1S/C9H12ClF4NO2/c1-2-3-5(6(16)4-10)15-8(17)9(13,14)7(11)12/h5,7H,2-4H2,1H3,(H,15,17). The van der Waals surface area contributed by atoms with Crippen LogP contribution in [0.25, 0.3) is 0 Å². The van der Waals surface area contributed by atoms with Crippen LogP contribution in [-0.4, -0.2) is 36.0 Å². The Hall–Kier alpha value is -0.850. The predicted molar refractivity (Wildman–Crippen MR) is 53.5 cm³/mol. The third-order valence-electron chi connectivity index (χ3n) is 1.98. The Balaban J connectivity index is 4.66. The van der Waals surface area contributed by atoms with Gasteiger partial charge in [0.05, 0.1) is 11.9 Å². The molecule has 0 rings (SSSR count). The summed E-state index contributed by atoms with van der Waals surface area (Å²) in [6.07, 6.45) is -3.64. The molecule has 1 N–H and O–H groups in total. The lowest BCUT2D eigenvalue weighted by Crippen LogP contribution is -2.51. The van der Waals surface area contributed by atoms with Crippen LogP contribution < -0.4 is 5.32 Å². The first-order chi connectivity index (χ1) is 7.77. The highest BCUT2D eigenvalue weighted by Gasteiger charge is 2.49. The van der Waals surface area contributed by atoms with E-state index in [0.717, 1.165) is 0 Å². The molecule has 8 heteroatoms. The molecule has 100 valence electrons. The average molecular weight is 278 g/mol. The number of nitrogens with one attached hydrogen (secondary N) is 1. The van der Waals surface area contributed by atoms with Gasteiger partial charge in [-0.05, 0) is 6.42 Å². The number of hydrogen-bond donors (Lipinski definition) is 1. The third-order valence-corrected chi connectivity index (χ3v) is 2.24. The number of carbonyl (C=O) groups excluding carboxylic acids is 2. The van der Waals surface area contributed by atoms with E-state index in [2.05, 4.69) is 0 Å². The average Bonchev–Trinajstić information content (AvgIpc) is 2.26. The number of amides is 1. The first kappa shape index (κ1) is 16.1. The minimum atomic E-state index is -4.81. The lowest BCUT2D eigenvalue weighted by molar-refractivity contribution is -0.170. The lowest BCUT2D eigenvalue weighted by atomic mass is 10.1. The number of Topliss-reactive ketones (excluding diaryl/α,β-unsaturated/α-hetero) is 1. The zero-order valence-electron chi connectivity index (χ0n) is 8.98. The van der Waals surface area contributed by atoms with Gasteiger partial charge >= 0.3 is 12.3 Å². The van der Waals surface area contributed by atoms with E-state index < -0.39 is 36.0 Å². The minimum Gasteiger partial charge on any atom is -0.341 e. The summed E-state index contributed by atoms with van der Waals surface area (Å²) in [7, 11) is 0. The van der Waals surface area contributed by atoms with Crippen molar-refractivity contribution in [1.29, 1.82) is 0 Å². The van der Waals surface area contributed by atoms with Crippen LogP contribution in [0, 0.1) is 0 Å². The highest BCUT2D eigenvalue weighted by atomic mass is 35.5. The molecule has 0 spiro atoms. The number of carbonyl (C=O) groups is 2. The molecule has 1 atom stereocenters. The Labute approximate surface area is 100 Å². The smallest absolute Gasteiger partial charge is 0.341 e. The van der Waals surface area contributed by atoms with Gasteiger partial charge in [0.2, 0.25) is 0 Å². The number of alkyl halides is 5.